The van der Waals surface area contributed by atoms with Crippen LogP contribution < -0.4 is 10.2 Å². The summed E-state index contributed by atoms with van der Waals surface area (Å²) in [5.41, 5.74) is 3.77. The summed E-state index contributed by atoms with van der Waals surface area (Å²) in [6, 6.07) is 12.6. The molecule has 0 radical (unpaired) electrons. The summed E-state index contributed by atoms with van der Waals surface area (Å²) in [7, 11) is 3.85. The van der Waals surface area contributed by atoms with Crippen LogP contribution >= 0.6 is 0 Å². The molecule has 5 heteroatoms. The van der Waals surface area contributed by atoms with E-state index in [1.165, 1.54) is 12.0 Å². The number of benzene rings is 1. The third kappa shape index (κ3) is 3.67. The molecule has 146 valence electrons. The second-order valence-corrected chi connectivity index (χ2v) is 7.98. The third-order valence-corrected chi connectivity index (χ3v) is 5.74. The maximum Gasteiger partial charge on any atom is 0.255 e. The summed E-state index contributed by atoms with van der Waals surface area (Å²) in [6.07, 6.45) is 5.86. The lowest BCUT2D eigenvalue weighted by molar-refractivity contribution is 0.0948. The minimum atomic E-state index is -0.0626. The van der Waals surface area contributed by atoms with Crippen molar-refractivity contribution in [2.75, 3.05) is 38.6 Å². The zero-order chi connectivity index (χ0) is 19.7. The second-order valence-electron chi connectivity index (χ2n) is 7.98. The van der Waals surface area contributed by atoms with Crippen LogP contribution in [-0.2, 0) is 0 Å². The van der Waals surface area contributed by atoms with E-state index in [1.54, 1.807) is 0 Å². The fourth-order valence-electron chi connectivity index (χ4n) is 4.24. The minimum absolute atomic E-state index is 0.0626. The molecule has 1 fully saturated rings. The number of rotatable bonds is 6. The second kappa shape index (κ2) is 7.76. The van der Waals surface area contributed by atoms with E-state index >= 15 is 0 Å². The lowest BCUT2D eigenvalue weighted by Crippen LogP contribution is -2.38. The summed E-state index contributed by atoms with van der Waals surface area (Å²) in [6.45, 7) is 4.74. The fourth-order valence-corrected chi connectivity index (χ4v) is 4.24. The molecule has 0 saturated carbocycles. The number of carbonyl (C=O) groups excluding carboxylic acids is 1. The van der Waals surface area contributed by atoms with Gasteiger partial charge in [-0.15, -0.1) is 0 Å². The van der Waals surface area contributed by atoms with Crippen molar-refractivity contribution in [3.05, 3.63) is 59.7 Å². The molecule has 2 aliphatic rings. The number of nitrogens with zero attached hydrogens (tertiary/aromatic N) is 3. The Morgan fingerprint density at radius 3 is 2.71 bits per heavy atom. The first-order valence-electron chi connectivity index (χ1n) is 9.98. The molecule has 28 heavy (non-hydrogen) atoms. The molecular formula is C23H28N4O. The Labute approximate surface area is 167 Å². The first-order chi connectivity index (χ1) is 13.5. The first-order valence-corrected chi connectivity index (χ1v) is 9.98. The minimum Gasteiger partial charge on any atom is -0.362 e. The van der Waals surface area contributed by atoms with Crippen LogP contribution in [0.3, 0.4) is 0 Å². The van der Waals surface area contributed by atoms with Crippen molar-refractivity contribution in [1.82, 2.24) is 15.2 Å². The van der Waals surface area contributed by atoms with Gasteiger partial charge in [-0.1, -0.05) is 36.4 Å². The van der Waals surface area contributed by atoms with Crippen LogP contribution in [0.5, 0.6) is 0 Å². The smallest absolute Gasteiger partial charge is 0.255 e. The molecular weight excluding hydrogens is 348 g/mol. The highest BCUT2D eigenvalue weighted by Gasteiger charge is 2.32. The van der Waals surface area contributed by atoms with E-state index in [2.05, 4.69) is 41.4 Å². The van der Waals surface area contributed by atoms with Crippen molar-refractivity contribution in [1.29, 1.82) is 0 Å². The lowest BCUT2D eigenvalue weighted by Gasteiger charge is -2.23. The van der Waals surface area contributed by atoms with Gasteiger partial charge in [-0.05, 0) is 37.0 Å². The number of carbonyl (C=O) groups is 1. The Hall–Kier alpha value is -2.66. The highest BCUT2D eigenvalue weighted by Crippen LogP contribution is 2.31. The van der Waals surface area contributed by atoms with Crippen LogP contribution in [0.1, 0.15) is 22.3 Å². The van der Waals surface area contributed by atoms with E-state index in [4.69, 9.17) is 4.98 Å². The lowest BCUT2D eigenvalue weighted by atomic mass is 10.0. The first kappa shape index (κ1) is 18.7. The molecule has 2 unspecified atom stereocenters. The molecule has 1 aromatic carbocycles. The molecule has 4 rings (SSSR count). The number of hydrogen-bond donors (Lipinski definition) is 1. The van der Waals surface area contributed by atoms with E-state index in [9.17, 15) is 4.79 Å². The van der Waals surface area contributed by atoms with Gasteiger partial charge in [-0.25, -0.2) is 4.98 Å². The summed E-state index contributed by atoms with van der Waals surface area (Å²) < 4.78 is 0. The molecule has 1 aromatic heterocycles. The predicted molar refractivity (Wildman–Crippen MR) is 114 cm³/mol. The van der Waals surface area contributed by atoms with E-state index in [0.29, 0.717) is 29.9 Å². The largest absolute Gasteiger partial charge is 0.362 e. The van der Waals surface area contributed by atoms with E-state index in [1.807, 2.05) is 43.3 Å². The molecule has 2 atom stereocenters. The molecule has 1 amide bonds. The van der Waals surface area contributed by atoms with Gasteiger partial charge >= 0.3 is 0 Å². The average molecular weight is 377 g/mol. The monoisotopic (exact) mass is 376 g/mol. The van der Waals surface area contributed by atoms with Gasteiger partial charge in [0.15, 0.2) is 0 Å². The van der Waals surface area contributed by atoms with Crippen LogP contribution in [-0.4, -0.2) is 55.6 Å². The zero-order valence-electron chi connectivity index (χ0n) is 16.9. The summed E-state index contributed by atoms with van der Waals surface area (Å²) in [5.74, 6) is 1.34. The predicted octanol–water partition coefficient (Wildman–Crippen LogP) is 3.11. The third-order valence-electron chi connectivity index (χ3n) is 5.74. The summed E-state index contributed by atoms with van der Waals surface area (Å²) in [4.78, 5) is 22.0. The van der Waals surface area contributed by atoms with Gasteiger partial charge in [-0.2, -0.15) is 0 Å². The van der Waals surface area contributed by atoms with Crippen LogP contribution in [0.15, 0.2) is 48.6 Å². The standard InChI is InChI=1S/C23H28N4O/c1-16-6-4-5-7-19(16)21-11-10-20(22(25-21)26(2)3)23(28)24-12-13-27-15-17-8-9-18(27)14-17/h4-11,17-18H,12-15H2,1-3H3,(H,24,28). The summed E-state index contributed by atoms with van der Waals surface area (Å²) >= 11 is 0. The molecule has 5 nitrogen and oxygen atoms in total. The SMILES string of the molecule is Cc1ccccc1-c1ccc(C(=O)NCCN2CC3C=CC2C3)c(N(C)C)n1. The van der Waals surface area contributed by atoms with Gasteiger partial charge in [0, 0.05) is 45.3 Å². The normalized spacial score (nSPS) is 20.5. The quantitative estimate of drug-likeness (QED) is 0.787. The van der Waals surface area contributed by atoms with Crippen molar-refractivity contribution in [2.45, 2.75) is 19.4 Å². The van der Waals surface area contributed by atoms with Crippen molar-refractivity contribution in [2.24, 2.45) is 5.92 Å². The van der Waals surface area contributed by atoms with Gasteiger partial charge in [0.2, 0.25) is 0 Å². The molecule has 0 spiro atoms. The highest BCUT2D eigenvalue weighted by atomic mass is 16.1. The van der Waals surface area contributed by atoms with Crippen LogP contribution in [0.25, 0.3) is 11.3 Å². The Morgan fingerprint density at radius 1 is 1.21 bits per heavy atom. The maximum absolute atomic E-state index is 12.8. The zero-order valence-corrected chi connectivity index (χ0v) is 16.9. The van der Waals surface area contributed by atoms with Crippen LogP contribution in [0, 0.1) is 12.8 Å². The average Bonchev–Trinajstić information content (AvgIpc) is 3.31. The van der Waals surface area contributed by atoms with Gasteiger partial charge < -0.3 is 10.2 Å². The molecule has 1 aliphatic carbocycles. The van der Waals surface area contributed by atoms with Crippen molar-refractivity contribution in [3.63, 3.8) is 0 Å². The number of aryl methyl sites for hydroxylation is 1. The van der Waals surface area contributed by atoms with Gasteiger partial charge in [0.25, 0.3) is 5.91 Å². The van der Waals surface area contributed by atoms with Gasteiger partial charge in [0.05, 0.1) is 11.3 Å². The van der Waals surface area contributed by atoms with E-state index in [-0.39, 0.29) is 5.91 Å². The van der Waals surface area contributed by atoms with Crippen molar-refractivity contribution in [3.8, 4) is 11.3 Å². The van der Waals surface area contributed by atoms with Crippen LogP contribution in [0.2, 0.25) is 0 Å². The Bertz CT molecular complexity index is 905. The van der Waals surface area contributed by atoms with Crippen molar-refractivity contribution >= 4 is 11.7 Å². The number of pyridine rings is 1. The number of amides is 1. The highest BCUT2D eigenvalue weighted by molar-refractivity contribution is 5.99. The number of aromatic nitrogens is 1. The van der Waals surface area contributed by atoms with Crippen LogP contribution in [0.4, 0.5) is 5.82 Å². The topological polar surface area (TPSA) is 48.5 Å². The Balaban J connectivity index is 1.46. The number of fused-ring (bicyclic) bond motifs is 2. The van der Waals surface area contributed by atoms with Gasteiger partial charge in [0.1, 0.15) is 5.82 Å². The van der Waals surface area contributed by atoms with E-state index < -0.39 is 0 Å². The number of hydrogen-bond acceptors (Lipinski definition) is 4. The number of anilines is 1. The van der Waals surface area contributed by atoms with E-state index in [0.717, 1.165) is 24.3 Å². The Kier molecular flexibility index (Phi) is 5.18. The molecule has 1 N–H and O–H groups in total. The molecule has 1 saturated heterocycles. The maximum atomic E-state index is 12.8. The number of nitrogens with one attached hydrogen (secondary N) is 1. The Morgan fingerprint density at radius 2 is 2.04 bits per heavy atom. The molecule has 1 aliphatic heterocycles. The molecule has 2 bridgehead atoms. The molecule has 2 aromatic rings. The fraction of sp³-hybridized carbons (Fsp3) is 0.391. The molecule has 2 heterocycles. The van der Waals surface area contributed by atoms with Crippen molar-refractivity contribution < 1.29 is 4.79 Å². The number of likely N-dealkylation sites (tertiary alicyclic amines) is 1. The summed E-state index contributed by atoms with van der Waals surface area (Å²) in [5, 5.41) is 3.08. The van der Waals surface area contributed by atoms with Gasteiger partial charge in [-0.3, -0.25) is 9.69 Å².